The Balaban J connectivity index is 0.000000791. The average molecular weight is 197 g/mol. The number of hydrogen-bond acceptors (Lipinski definition) is 2. The Morgan fingerprint density at radius 1 is 1.57 bits per heavy atom. The van der Waals surface area contributed by atoms with Gasteiger partial charge in [0.25, 0.3) is 0 Å². The number of aryl methyl sites for hydroxylation is 1. The zero-order valence-electron chi connectivity index (χ0n) is 9.37. The molecule has 0 saturated carbocycles. The summed E-state index contributed by atoms with van der Waals surface area (Å²) in [6.07, 6.45) is 3.58. The molecule has 0 fully saturated rings. The third-order valence-electron chi connectivity index (χ3n) is 1.44. The molecule has 0 aromatic carbocycles. The first-order valence-electron chi connectivity index (χ1n) is 4.98. The number of carbonyl (C=O) groups is 1. The van der Waals surface area contributed by atoms with Gasteiger partial charge in [0, 0.05) is 12.7 Å². The van der Waals surface area contributed by atoms with Gasteiger partial charge >= 0.3 is 0 Å². The quantitative estimate of drug-likeness (QED) is 0.795. The van der Waals surface area contributed by atoms with Crippen molar-refractivity contribution in [3.8, 4) is 0 Å². The highest BCUT2D eigenvalue weighted by atomic mass is 16.2. The van der Waals surface area contributed by atoms with E-state index in [2.05, 4.69) is 10.4 Å². The third kappa shape index (κ3) is 4.64. The standard InChI is InChI=1S/C8H13N3O.C2H6/c1-3-9-8(12)6-11-5-7(2)4-10-11;1-2/h4-5H,3,6H2,1-2H3,(H,9,12);1-2H3. The summed E-state index contributed by atoms with van der Waals surface area (Å²) in [4.78, 5) is 11.0. The smallest absolute Gasteiger partial charge is 0.241 e. The number of rotatable bonds is 3. The van der Waals surface area contributed by atoms with Crippen molar-refractivity contribution in [2.24, 2.45) is 0 Å². The van der Waals surface area contributed by atoms with Crippen molar-refractivity contribution < 1.29 is 4.79 Å². The summed E-state index contributed by atoms with van der Waals surface area (Å²) in [5, 5.41) is 6.70. The van der Waals surface area contributed by atoms with Crippen molar-refractivity contribution in [3.63, 3.8) is 0 Å². The fourth-order valence-electron chi connectivity index (χ4n) is 0.954. The Morgan fingerprint density at radius 3 is 2.64 bits per heavy atom. The van der Waals surface area contributed by atoms with Gasteiger partial charge in [0.2, 0.25) is 5.91 Å². The normalized spacial score (nSPS) is 8.86. The van der Waals surface area contributed by atoms with Gasteiger partial charge < -0.3 is 5.32 Å². The maximum atomic E-state index is 11.0. The van der Waals surface area contributed by atoms with Gasteiger partial charge in [-0.3, -0.25) is 9.48 Å². The van der Waals surface area contributed by atoms with E-state index in [4.69, 9.17) is 0 Å². The molecule has 1 aromatic rings. The second-order valence-corrected chi connectivity index (χ2v) is 2.67. The molecular weight excluding hydrogens is 178 g/mol. The van der Waals surface area contributed by atoms with Gasteiger partial charge in [-0.05, 0) is 19.4 Å². The first-order chi connectivity index (χ1) is 6.72. The maximum absolute atomic E-state index is 11.0. The molecule has 0 saturated heterocycles. The van der Waals surface area contributed by atoms with E-state index in [9.17, 15) is 4.79 Å². The zero-order chi connectivity index (χ0) is 11.0. The number of carbonyl (C=O) groups excluding carboxylic acids is 1. The molecule has 1 N–H and O–H groups in total. The van der Waals surface area contributed by atoms with Gasteiger partial charge in [0.1, 0.15) is 6.54 Å². The monoisotopic (exact) mass is 197 g/mol. The lowest BCUT2D eigenvalue weighted by Crippen LogP contribution is -2.27. The van der Waals surface area contributed by atoms with Crippen LogP contribution >= 0.6 is 0 Å². The minimum atomic E-state index is 0.000556. The lowest BCUT2D eigenvalue weighted by Gasteiger charge is -2.00. The molecule has 1 rings (SSSR count). The van der Waals surface area contributed by atoms with E-state index in [-0.39, 0.29) is 5.91 Å². The molecule has 0 unspecified atom stereocenters. The number of nitrogens with one attached hydrogen (secondary N) is 1. The van der Waals surface area contributed by atoms with Crippen LogP contribution in [0.2, 0.25) is 0 Å². The minimum Gasteiger partial charge on any atom is -0.355 e. The second-order valence-electron chi connectivity index (χ2n) is 2.67. The zero-order valence-corrected chi connectivity index (χ0v) is 9.37. The highest BCUT2D eigenvalue weighted by Gasteiger charge is 2.00. The van der Waals surface area contributed by atoms with Crippen molar-refractivity contribution in [2.75, 3.05) is 6.54 Å². The summed E-state index contributed by atoms with van der Waals surface area (Å²) in [5.74, 6) is 0.000556. The van der Waals surface area contributed by atoms with Crippen molar-refractivity contribution >= 4 is 5.91 Å². The SMILES string of the molecule is CC.CCNC(=O)Cn1cc(C)cn1. The molecular formula is C10H19N3O. The predicted molar refractivity (Wildman–Crippen MR) is 57.0 cm³/mol. The van der Waals surface area contributed by atoms with Crippen LogP contribution in [0.1, 0.15) is 26.3 Å². The van der Waals surface area contributed by atoms with E-state index in [1.54, 1.807) is 10.9 Å². The van der Waals surface area contributed by atoms with Gasteiger partial charge in [-0.2, -0.15) is 5.10 Å². The van der Waals surface area contributed by atoms with Crippen LogP contribution in [-0.2, 0) is 11.3 Å². The van der Waals surface area contributed by atoms with Gasteiger partial charge in [-0.1, -0.05) is 13.8 Å². The lowest BCUT2D eigenvalue weighted by atomic mass is 10.4. The molecule has 0 spiro atoms. The molecule has 80 valence electrons. The van der Waals surface area contributed by atoms with Crippen LogP contribution in [0.15, 0.2) is 12.4 Å². The Bertz CT molecular complexity index is 268. The van der Waals surface area contributed by atoms with Gasteiger partial charge in [-0.15, -0.1) is 0 Å². The first kappa shape index (κ1) is 12.7. The molecule has 1 aromatic heterocycles. The molecule has 0 atom stereocenters. The minimum absolute atomic E-state index is 0.000556. The summed E-state index contributed by atoms with van der Waals surface area (Å²) >= 11 is 0. The summed E-state index contributed by atoms with van der Waals surface area (Å²) in [7, 11) is 0. The summed E-state index contributed by atoms with van der Waals surface area (Å²) in [6, 6.07) is 0. The number of amides is 1. The number of hydrogen-bond donors (Lipinski definition) is 1. The maximum Gasteiger partial charge on any atom is 0.241 e. The number of likely N-dealkylation sites (N-methyl/N-ethyl adjacent to an activating group) is 1. The van der Waals surface area contributed by atoms with Crippen molar-refractivity contribution in [3.05, 3.63) is 18.0 Å². The highest BCUT2D eigenvalue weighted by Crippen LogP contribution is 1.93. The molecule has 0 aliphatic rings. The second kappa shape index (κ2) is 7.12. The highest BCUT2D eigenvalue weighted by molar-refractivity contribution is 5.75. The van der Waals surface area contributed by atoms with E-state index in [1.165, 1.54) is 0 Å². The Kier molecular flexibility index (Phi) is 6.45. The molecule has 1 heterocycles. The van der Waals surface area contributed by atoms with Crippen LogP contribution in [0.4, 0.5) is 0 Å². The molecule has 4 nitrogen and oxygen atoms in total. The van der Waals surface area contributed by atoms with Gasteiger partial charge in [-0.25, -0.2) is 0 Å². The van der Waals surface area contributed by atoms with Crippen LogP contribution in [0.5, 0.6) is 0 Å². The molecule has 14 heavy (non-hydrogen) atoms. The van der Waals surface area contributed by atoms with E-state index >= 15 is 0 Å². The van der Waals surface area contributed by atoms with E-state index in [0.29, 0.717) is 13.1 Å². The Labute approximate surface area is 85.3 Å². The Morgan fingerprint density at radius 2 is 2.21 bits per heavy atom. The molecule has 1 amide bonds. The van der Waals surface area contributed by atoms with Gasteiger partial charge in [0.05, 0.1) is 6.20 Å². The van der Waals surface area contributed by atoms with Crippen LogP contribution < -0.4 is 5.32 Å². The average Bonchev–Trinajstić information content (AvgIpc) is 2.55. The lowest BCUT2D eigenvalue weighted by molar-refractivity contribution is -0.121. The van der Waals surface area contributed by atoms with Crippen LogP contribution in [0.3, 0.4) is 0 Å². The number of nitrogens with zero attached hydrogens (tertiary/aromatic N) is 2. The number of aromatic nitrogens is 2. The van der Waals surface area contributed by atoms with E-state index in [1.807, 2.05) is 33.9 Å². The predicted octanol–water partition coefficient (Wildman–Crippen LogP) is 1.35. The van der Waals surface area contributed by atoms with Crippen molar-refractivity contribution in [1.29, 1.82) is 0 Å². The Hall–Kier alpha value is -1.32. The van der Waals surface area contributed by atoms with Crippen LogP contribution in [-0.4, -0.2) is 22.2 Å². The largest absolute Gasteiger partial charge is 0.355 e. The third-order valence-corrected chi connectivity index (χ3v) is 1.44. The summed E-state index contributed by atoms with van der Waals surface area (Å²) in [6.45, 7) is 8.81. The van der Waals surface area contributed by atoms with E-state index in [0.717, 1.165) is 5.56 Å². The fraction of sp³-hybridized carbons (Fsp3) is 0.600. The van der Waals surface area contributed by atoms with Crippen LogP contribution in [0.25, 0.3) is 0 Å². The molecule has 0 bridgehead atoms. The summed E-state index contributed by atoms with van der Waals surface area (Å²) < 4.78 is 1.63. The van der Waals surface area contributed by atoms with Gasteiger partial charge in [0.15, 0.2) is 0 Å². The van der Waals surface area contributed by atoms with Crippen molar-refractivity contribution in [1.82, 2.24) is 15.1 Å². The topological polar surface area (TPSA) is 46.9 Å². The first-order valence-corrected chi connectivity index (χ1v) is 4.98. The van der Waals surface area contributed by atoms with Crippen molar-refractivity contribution in [2.45, 2.75) is 34.2 Å². The molecule has 0 aliphatic carbocycles. The van der Waals surface area contributed by atoms with E-state index < -0.39 is 0 Å². The summed E-state index contributed by atoms with van der Waals surface area (Å²) in [5.41, 5.74) is 1.07. The van der Waals surface area contributed by atoms with Crippen LogP contribution in [0, 0.1) is 6.92 Å². The molecule has 0 radical (unpaired) electrons. The molecule has 4 heteroatoms. The molecule has 0 aliphatic heterocycles. The fourth-order valence-corrected chi connectivity index (χ4v) is 0.954.